The molecule has 0 radical (unpaired) electrons. The van der Waals surface area contributed by atoms with Crippen molar-refractivity contribution in [1.29, 1.82) is 0 Å². The lowest BCUT2D eigenvalue weighted by molar-refractivity contribution is 0.0278. The van der Waals surface area contributed by atoms with Crippen molar-refractivity contribution in [3.05, 3.63) is 77.4 Å². The van der Waals surface area contributed by atoms with Crippen molar-refractivity contribution in [1.82, 2.24) is 15.1 Å². The van der Waals surface area contributed by atoms with E-state index in [9.17, 15) is 9.59 Å². The summed E-state index contributed by atoms with van der Waals surface area (Å²) in [6, 6.07) is 20.1. The predicted octanol–water partition coefficient (Wildman–Crippen LogP) is 4.96. The number of rotatable bonds is 7. The Labute approximate surface area is 219 Å². The van der Waals surface area contributed by atoms with Gasteiger partial charge in [0.25, 0.3) is 5.91 Å². The van der Waals surface area contributed by atoms with Gasteiger partial charge in [0.05, 0.1) is 12.1 Å². The fourth-order valence-electron chi connectivity index (χ4n) is 4.79. The molecule has 4 rings (SSSR count). The minimum absolute atomic E-state index is 0.130. The smallest absolute Gasteiger partial charge is 0.410 e. The van der Waals surface area contributed by atoms with Crippen LogP contribution in [-0.4, -0.2) is 67.7 Å². The quantitative estimate of drug-likeness (QED) is 0.493. The first-order valence-electron chi connectivity index (χ1n) is 12.6. The second kappa shape index (κ2) is 10.4. The molecule has 1 heterocycles. The number of carbonyl (C=O) groups excluding carboxylic acids is 2. The lowest BCUT2D eigenvalue weighted by Crippen LogP contribution is -2.66. The molecule has 1 aliphatic heterocycles. The summed E-state index contributed by atoms with van der Waals surface area (Å²) in [4.78, 5) is 29.4. The number of fused-ring (bicyclic) bond motifs is 1. The zero-order valence-corrected chi connectivity index (χ0v) is 22.6. The van der Waals surface area contributed by atoms with Crippen molar-refractivity contribution in [2.24, 2.45) is 0 Å². The van der Waals surface area contributed by atoms with Crippen LogP contribution in [0.2, 0.25) is 0 Å². The normalized spacial score (nSPS) is 15.1. The van der Waals surface area contributed by atoms with Gasteiger partial charge in [-0.1, -0.05) is 48.5 Å². The Morgan fingerprint density at radius 2 is 1.76 bits per heavy atom. The molecule has 7 heteroatoms. The molecule has 7 nitrogen and oxygen atoms in total. The van der Waals surface area contributed by atoms with Gasteiger partial charge in [0.2, 0.25) is 0 Å². The third-order valence-electron chi connectivity index (χ3n) is 6.59. The molecule has 37 heavy (non-hydrogen) atoms. The van der Waals surface area contributed by atoms with Gasteiger partial charge in [0.1, 0.15) is 18.0 Å². The van der Waals surface area contributed by atoms with Gasteiger partial charge in [-0.05, 0) is 68.8 Å². The Hall–Kier alpha value is -3.58. The molecular weight excluding hydrogens is 466 g/mol. The number of benzene rings is 3. The Balaban J connectivity index is 1.47. The van der Waals surface area contributed by atoms with Crippen LogP contribution >= 0.6 is 0 Å². The van der Waals surface area contributed by atoms with Crippen LogP contribution in [0.25, 0.3) is 10.8 Å². The summed E-state index contributed by atoms with van der Waals surface area (Å²) in [6.45, 7) is 9.54. The minimum Gasteiger partial charge on any atom is -0.492 e. The van der Waals surface area contributed by atoms with Crippen molar-refractivity contribution in [2.45, 2.75) is 38.8 Å². The molecule has 0 unspecified atom stereocenters. The number of carbonyl (C=O) groups is 2. The minimum atomic E-state index is -0.552. The Morgan fingerprint density at radius 1 is 1.05 bits per heavy atom. The predicted molar refractivity (Wildman–Crippen MR) is 146 cm³/mol. The zero-order valence-electron chi connectivity index (χ0n) is 22.6. The van der Waals surface area contributed by atoms with E-state index in [4.69, 9.17) is 9.47 Å². The average molecular weight is 504 g/mol. The summed E-state index contributed by atoms with van der Waals surface area (Å²) in [5.74, 6) is 0.452. The van der Waals surface area contributed by atoms with Crippen LogP contribution < -0.4 is 10.1 Å². The monoisotopic (exact) mass is 503 g/mol. The average Bonchev–Trinajstić information content (AvgIpc) is 2.82. The van der Waals surface area contributed by atoms with E-state index in [-0.39, 0.29) is 12.5 Å². The molecule has 0 aromatic heterocycles. The van der Waals surface area contributed by atoms with Gasteiger partial charge in [-0.15, -0.1) is 0 Å². The van der Waals surface area contributed by atoms with E-state index in [1.165, 1.54) is 4.90 Å². The van der Waals surface area contributed by atoms with Crippen molar-refractivity contribution in [3.63, 3.8) is 0 Å². The van der Waals surface area contributed by atoms with E-state index < -0.39 is 17.2 Å². The van der Waals surface area contributed by atoms with Crippen LogP contribution in [0.3, 0.4) is 0 Å². The lowest BCUT2D eigenvalue weighted by atomic mass is 9.79. The Morgan fingerprint density at radius 3 is 2.46 bits per heavy atom. The maximum Gasteiger partial charge on any atom is 0.410 e. The van der Waals surface area contributed by atoms with E-state index in [0.29, 0.717) is 17.9 Å². The van der Waals surface area contributed by atoms with E-state index in [0.717, 1.165) is 35.0 Å². The van der Waals surface area contributed by atoms with Gasteiger partial charge in [-0.2, -0.15) is 0 Å². The number of nitrogens with one attached hydrogen (secondary N) is 1. The highest BCUT2D eigenvalue weighted by molar-refractivity contribution is 5.97. The zero-order chi connectivity index (χ0) is 26.8. The molecule has 0 atom stereocenters. The van der Waals surface area contributed by atoms with E-state index in [2.05, 4.69) is 47.6 Å². The van der Waals surface area contributed by atoms with Crippen LogP contribution in [0.4, 0.5) is 4.79 Å². The number of aryl methyl sites for hydroxylation is 1. The standard InChI is InChI=1S/C30H37N3O4/c1-21-14-15-23(36-17-16-33(6)28(35)37-29(2,3)4)18-25(21)27(34)31-30(19-32(5)20-30)26-13-9-11-22-10-7-8-12-24(22)26/h7-15,18H,16-17,19-20H2,1-6H3,(H,31,34). The number of ether oxygens (including phenoxy) is 2. The van der Waals surface area contributed by atoms with Gasteiger partial charge >= 0.3 is 6.09 Å². The number of likely N-dealkylation sites (N-methyl/N-ethyl adjacent to an activating group) is 2. The Bertz CT molecular complexity index is 1290. The number of amides is 2. The van der Waals surface area contributed by atoms with Crippen LogP contribution in [-0.2, 0) is 10.3 Å². The van der Waals surface area contributed by atoms with Crippen molar-refractivity contribution in [3.8, 4) is 5.75 Å². The highest BCUT2D eigenvalue weighted by Gasteiger charge is 2.45. The van der Waals surface area contributed by atoms with Crippen LogP contribution in [0, 0.1) is 6.92 Å². The molecule has 1 fully saturated rings. The fraction of sp³-hybridized carbons (Fsp3) is 0.400. The molecule has 0 bridgehead atoms. The summed E-state index contributed by atoms with van der Waals surface area (Å²) in [6.07, 6.45) is -0.399. The first-order chi connectivity index (χ1) is 17.5. The van der Waals surface area contributed by atoms with Crippen LogP contribution in [0.15, 0.2) is 60.7 Å². The lowest BCUT2D eigenvalue weighted by Gasteiger charge is -2.49. The number of nitrogens with zero attached hydrogens (tertiary/aromatic N) is 2. The van der Waals surface area contributed by atoms with Crippen molar-refractivity contribution >= 4 is 22.8 Å². The molecule has 0 spiro atoms. The highest BCUT2D eigenvalue weighted by Crippen LogP contribution is 2.36. The summed E-state index contributed by atoms with van der Waals surface area (Å²) in [5, 5.41) is 5.67. The van der Waals surface area contributed by atoms with Gasteiger partial charge in [-0.25, -0.2) is 4.79 Å². The molecule has 1 saturated heterocycles. The molecule has 1 N–H and O–H groups in total. The van der Waals surface area contributed by atoms with Crippen molar-refractivity contribution < 1.29 is 19.1 Å². The molecule has 0 aliphatic carbocycles. The summed E-state index contributed by atoms with van der Waals surface area (Å²) in [5.41, 5.74) is 1.56. The molecule has 2 amide bonds. The third kappa shape index (κ3) is 6.05. The second-order valence-corrected chi connectivity index (χ2v) is 11.0. The highest BCUT2D eigenvalue weighted by atomic mass is 16.6. The largest absolute Gasteiger partial charge is 0.492 e. The maximum absolute atomic E-state index is 13.6. The van der Waals surface area contributed by atoms with Crippen molar-refractivity contribution in [2.75, 3.05) is 40.3 Å². The first-order valence-corrected chi connectivity index (χ1v) is 12.6. The summed E-state index contributed by atoms with van der Waals surface area (Å²) in [7, 11) is 3.73. The summed E-state index contributed by atoms with van der Waals surface area (Å²) < 4.78 is 11.3. The van der Waals surface area contributed by atoms with E-state index >= 15 is 0 Å². The van der Waals surface area contributed by atoms with Gasteiger partial charge in [0.15, 0.2) is 0 Å². The summed E-state index contributed by atoms with van der Waals surface area (Å²) >= 11 is 0. The maximum atomic E-state index is 13.6. The molecule has 196 valence electrons. The number of hydrogen-bond donors (Lipinski definition) is 1. The van der Waals surface area contributed by atoms with E-state index in [1.807, 2.05) is 52.0 Å². The van der Waals surface area contributed by atoms with Gasteiger partial charge in [0, 0.05) is 25.7 Å². The third-order valence-corrected chi connectivity index (χ3v) is 6.59. The fourth-order valence-corrected chi connectivity index (χ4v) is 4.79. The molecular formula is C30H37N3O4. The molecule has 3 aromatic carbocycles. The van der Waals surface area contributed by atoms with Crippen LogP contribution in [0.1, 0.15) is 42.3 Å². The second-order valence-electron chi connectivity index (χ2n) is 11.0. The number of hydrogen-bond acceptors (Lipinski definition) is 5. The molecule has 3 aromatic rings. The van der Waals surface area contributed by atoms with Gasteiger partial charge < -0.3 is 24.6 Å². The molecule has 1 aliphatic rings. The number of likely N-dealkylation sites (tertiary alicyclic amines) is 1. The topological polar surface area (TPSA) is 71.1 Å². The van der Waals surface area contributed by atoms with Gasteiger partial charge in [-0.3, -0.25) is 4.79 Å². The Kier molecular flexibility index (Phi) is 7.46. The van der Waals surface area contributed by atoms with E-state index in [1.54, 1.807) is 13.1 Å². The molecule has 0 saturated carbocycles. The van der Waals surface area contributed by atoms with Crippen LogP contribution in [0.5, 0.6) is 5.75 Å². The first kappa shape index (κ1) is 26.5. The SMILES string of the molecule is Cc1ccc(OCCN(C)C(=O)OC(C)(C)C)cc1C(=O)NC1(c2cccc3ccccc23)CN(C)C1.